The van der Waals surface area contributed by atoms with Gasteiger partial charge in [0.05, 0.1) is 0 Å². The van der Waals surface area contributed by atoms with Gasteiger partial charge in [-0.15, -0.1) is 12.3 Å². The first-order chi connectivity index (χ1) is 3.41. The number of rotatable bonds is 2. The lowest BCUT2D eigenvalue weighted by Gasteiger charge is -1.66. The van der Waals surface area contributed by atoms with Gasteiger partial charge in [-0.3, -0.25) is 4.79 Å². The molecule has 0 aromatic heterocycles. The van der Waals surface area contributed by atoms with Crippen molar-refractivity contribution in [2.75, 3.05) is 0 Å². The summed E-state index contributed by atoms with van der Waals surface area (Å²) in [6, 6.07) is 0. The summed E-state index contributed by atoms with van der Waals surface area (Å²) < 4.78 is 0. The van der Waals surface area contributed by atoms with Crippen molar-refractivity contribution in [3.8, 4) is 12.3 Å². The van der Waals surface area contributed by atoms with Crippen LogP contribution < -0.4 is 0 Å². The van der Waals surface area contributed by atoms with Crippen LogP contribution in [0, 0.1) is 12.3 Å². The standard InChI is InChI=1S/C5H5NO/c1-2-3-4-6-5-7/h1,4-5H,3H2. The third kappa shape index (κ3) is 4.90. The molecule has 36 valence electrons. The SMILES string of the molecule is C#CCC=NC=O. The normalized spacial score (nSPS) is 8.43. The maximum absolute atomic E-state index is 9.41. The van der Waals surface area contributed by atoms with Gasteiger partial charge < -0.3 is 0 Å². The number of carbonyl (C=O) groups excluding carboxylic acids is 1. The second-order valence-corrected chi connectivity index (χ2v) is 0.845. The molecule has 1 amide bonds. The van der Waals surface area contributed by atoms with Crippen molar-refractivity contribution in [2.45, 2.75) is 6.42 Å². The zero-order valence-electron chi connectivity index (χ0n) is 3.79. The van der Waals surface area contributed by atoms with E-state index < -0.39 is 0 Å². The minimum Gasteiger partial charge on any atom is -0.276 e. The Morgan fingerprint density at radius 1 is 1.86 bits per heavy atom. The minimum atomic E-state index is 0.429. The summed E-state index contributed by atoms with van der Waals surface area (Å²) in [5.74, 6) is 2.29. The quantitative estimate of drug-likeness (QED) is 0.274. The maximum atomic E-state index is 9.41. The molecule has 0 aliphatic heterocycles. The number of aliphatic imine (C=N–C) groups is 1. The molecule has 0 radical (unpaired) electrons. The third-order valence-electron chi connectivity index (χ3n) is 0.375. The molecule has 0 N–H and O–H groups in total. The fraction of sp³-hybridized carbons (Fsp3) is 0.200. The first-order valence-corrected chi connectivity index (χ1v) is 1.80. The summed E-state index contributed by atoms with van der Waals surface area (Å²) in [6.07, 6.45) is 7.08. The second kappa shape index (κ2) is 4.90. The zero-order chi connectivity index (χ0) is 5.54. The summed E-state index contributed by atoms with van der Waals surface area (Å²) >= 11 is 0. The predicted molar refractivity (Wildman–Crippen MR) is 28.0 cm³/mol. The molecule has 0 saturated heterocycles. The van der Waals surface area contributed by atoms with Gasteiger partial charge >= 0.3 is 0 Å². The monoisotopic (exact) mass is 95.0 g/mol. The maximum Gasteiger partial charge on any atom is 0.232 e. The van der Waals surface area contributed by atoms with Crippen LogP contribution in [-0.2, 0) is 4.79 Å². The van der Waals surface area contributed by atoms with E-state index in [0.717, 1.165) is 0 Å². The zero-order valence-corrected chi connectivity index (χ0v) is 3.79. The molecule has 0 aromatic rings. The molecule has 0 bridgehead atoms. The van der Waals surface area contributed by atoms with E-state index in [-0.39, 0.29) is 0 Å². The fourth-order valence-electron chi connectivity index (χ4n) is 0.148. The van der Waals surface area contributed by atoms with Gasteiger partial charge in [-0.1, -0.05) is 0 Å². The molecular weight excluding hydrogens is 90.1 g/mol. The van der Waals surface area contributed by atoms with Crippen LogP contribution in [-0.4, -0.2) is 12.6 Å². The Hall–Kier alpha value is -1.10. The van der Waals surface area contributed by atoms with Crippen molar-refractivity contribution < 1.29 is 4.79 Å². The molecule has 2 nitrogen and oxygen atoms in total. The number of hydrogen-bond donors (Lipinski definition) is 0. The smallest absolute Gasteiger partial charge is 0.232 e. The molecule has 0 aromatic carbocycles. The van der Waals surface area contributed by atoms with Crippen LogP contribution in [0.5, 0.6) is 0 Å². The summed E-state index contributed by atoms with van der Waals surface area (Å²) in [6.45, 7) is 0. The number of nitrogens with zero attached hydrogens (tertiary/aromatic N) is 1. The highest BCUT2D eigenvalue weighted by Gasteiger charge is 1.62. The first kappa shape index (κ1) is 5.90. The summed E-state index contributed by atoms with van der Waals surface area (Å²) in [7, 11) is 0. The number of carbonyl (C=O) groups is 1. The van der Waals surface area contributed by atoms with Crippen LogP contribution in [0.3, 0.4) is 0 Å². The highest BCUT2D eigenvalue weighted by atomic mass is 16.1. The van der Waals surface area contributed by atoms with Gasteiger partial charge in [-0.05, 0) is 0 Å². The van der Waals surface area contributed by atoms with Gasteiger partial charge in [-0.2, -0.15) is 0 Å². The van der Waals surface area contributed by atoms with Gasteiger partial charge in [-0.25, -0.2) is 4.99 Å². The molecule has 0 aliphatic carbocycles. The Morgan fingerprint density at radius 3 is 3.00 bits per heavy atom. The largest absolute Gasteiger partial charge is 0.276 e. The minimum absolute atomic E-state index is 0.429. The molecule has 0 saturated carbocycles. The average molecular weight is 95.1 g/mol. The molecule has 7 heavy (non-hydrogen) atoms. The number of terminal acetylenes is 1. The van der Waals surface area contributed by atoms with Gasteiger partial charge in [0, 0.05) is 12.6 Å². The van der Waals surface area contributed by atoms with E-state index in [2.05, 4.69) is 10.9 Å². The van der Waals surface area contributed by atoms with Gasteiger partial charge in [0.1, 0.15) is 0 Å². The van der Waals surface area contributed by atoms with Crippen LogP contribution in [0.4, 0.5) is 0 Å². The molecule has 0 heterocycles. The topological polar surface area (TPSA) is 29.4 Å². The lowest BCUT2D eigenvalue weighted by Crippen LogP contribution is -1.68. The van der Waals surface area contributed by atoms with Gasteiger partial charge in [0.15, 0.2) is 0 Å². The number of hydrogen-bond acceptors (Lipinski definition) is 1. The number of amides is 1. The van der Waals surface area contributed by atoms with Crippen LogP contribution >= 0.6 is 0 Å². The van der Waals surface area contributed by atoms with Crippen molar-refractivity contribution in [1.82, 2.24) is 0 Å². The van der Waals surface area contributed by atoms with Crippen molar-refractivity contribution in [2.24, 2.45) is 4.99 Å². The summed E-state index contributed by atoms with van der Waals surface area (Å²) in [4.78, 5) is 12.6. The van der Waals surface area contributed by atoms with E-state index in [1.54, 1.807) is 0 Å². The summed E-state index contributed by atoms with van der Waals surface area (Å²) in [5, 5.41) is 0. The molecule has 0 spiro atoms. The predicted octanol–water partition coefficient (Wildman–Crippen LogP) is 0.237. The van der Waals surface area contributed by atoms with Crippen LogP contribution in [0.25, 0.3) is 0 Å². The molecule has 0 aliphatic rings. The molecule has 2 heteroatoms. The van der Waals surface area contributed by atoms with Crippen LogP contribution in [0.15, 0.2) is 4.99 Å². The third-order valence-corrected chi connectivity index (χ3v) is 0.375. The van der Waals surface area contributed by atoms with Crippen molar-refractivity contribution in [3.05, 3.63) is 0 Å². The Bertz CT molecular complexity index is 110. The highest BCUT2D eigenvalue weighted by molar-refractivity contribution is 5.70. The molecule has 0 atom stereocenters. The van der Waals surface area contributed by atoms with E-state index in [9.17, 15) is 4.79 Å². The molecule has 0 rings (SSSR count). The van der Waals surface area contributed by atoms with E-state index in [4.69, 9.17) is 6.42 Å². The van der Waals surface area contributed by atoms with Crippen molar-refractivity contribution >= 4 is 12.6 Å². The Morgan fingerprint density at radius 2 is 2.57 bits per heavy atom. The fourth-order valence-corrected chi connectivity index (χ4v) is 0.148. The Kier molecular flexibility index (Phi) is 4.13. The highest BCUT2D eigenvalue weighted by Crippen LogP contribution is 1.63. The van der Waals surface area contributed by atoms with Gasteiger partial charge in [0.2, 0.25) is 6.41 Å². The van der Waals surface area contributed by atoms with E-state index in [0.29, 0.717) is 12.8 Å². The first-order valence-electron chi connectivity index (χ1n) is 1.80. The Labute approximate surface area is 42.3 Å². The second-order valence-electron chi connectivity index (χ2n) is 0.845. The van der Waals surface area contributed by atoms with Crippen molar-refractivity contribution in [3.63, 3.8) is 0 Å². The lowest BCUT2D eigenvalue weighted by atomic mass is 10.5. The van der Waals surface area contributed by atoms with Crippen LogP contribution in [0.1, 0.15) is 6.42 Å². The lowest BCUT2D eigenvalue weighted by molar-refractivity contribution is -0.106. The summed E-state index contributed by atoms with van der Waals surface area (Å²) in [5.41, 5.74) is 0. The van der Waals surface area contributed by atoms with E-state index in [1.165, 1.54) is 6.21 Å². The van der Waals surface area contributed by atoms with Gasteiger partial charge in [0.25, 0.3) is 0 Å². The van der Waals surface area contributed by atoms with Crippen molar-refractivity contribution in [1.29, 1.82) is 0 Å². The Balaban J connectivity index is 3.13. The molecular formula is C5H5NO. The average Bonchev–Trinajstić information content (AvgIpc) is 1.69. The van der Waals surface area contributed by atoms with Crippen LogP contribution in [0.2, 0.25) is 0 Å². The molecule has 0 unspecified atom stereocenters. The molecule has 0 fully saturated rings. The van der Waals surface area contributed by atoms with E-state index in [1.807, 2.05) is 0 Å². The van der Waals surface area contributed by atoms with E-state index >= 15 is 0 Å².